The van der Waals surface area contributed by atoms with Crippen LogP contribution in [-0.2, 0) is 11.0 Å². The van der Waals surface area contributed by atoms with E-state index in [-0.39, 0.29) is 5.03 Å². The molecule has 21 heavy (non-hydrogen) atoms. The number of hydrogen-bond donors (Lipinski definition) is 1. The maximum absolute atomic E-state index is 12.3. The van der Waals surface area contributed by atoms with Crippen LogP contribution >= 0.6 is 11.8 Å². The molecule has 0 spiro atoms. The van der Waals surface area contributed by atoms with Gasteiger partial charge in [0, 0.05) is 6.20 Å². The van der Waals surface area contributed by atoms with Gasteiger partial charge < -0.3 is 5.32 Å². The zero-order valence-electron chi connectivity index (χ0n) is 10.5. The third kappa shape index (κ3) is 6.23. The summed E-state index contributed by atoms with van der Waals surface area (Å²) in [7, 11) is 0. The number of halogens is 6. The molecule has 0 aliphatic heterocycles. The van der Waals surface area contributed by atoms with Crippen LogP contribution in [0.2, 0.25) is 0 Å². The average molecular weight is 332 g/mol. The van der Waals surface area contributed by atoms with E-state index in [0.29, 0.717) is 6.20 Å². The molecule has 0 aromatic carbocycles. The van der Waals surface area contributed by atoms with Crippen molar-refractivity contribution in [3.63, 3.8) is 0 Å². The summed E-state index contributed by atoms with van der Waals surface area (Å²) in [4.78, 5) is 14.9. The fourth-order valence-corrected chi connectivity index (χ4v) is 2.00. The van der Waals surface area contributed by atoms with Gasteiger partial charge in [0.2, 0.25) is 5.91 Å². The second-order valence-corrected chi connectivity index (χ2v) is 5.34. The zero-order chi connectivity index (χ0) is 16.3. The van der Waals surface area contributed by atoms with Crippen molar-refractivity contribution in [3.05, 3.63) is 23.9 Å². The Morgan fingerprint density at radius 1 is 1.29 bits per heavy atom. The lowest BCUT2D eigenvalue weighted by Gasteiger charge is -2.13. The van der Waals surface area contributed by atoms with E-state index in [0.717, 1.165) is 23.9 Å². The number of alkyl halides is 6. The molecule has 0 bridgehead atoms. The number of thioether (sulfide) groups is 1. The average Bonchev–Trinajstić information content (AvgIpc) is 2.34. The number of nitrogens with zero attached hydrogens (tertiary/aromatic N) is 1. The van der Waals surface area contributed by atoms with E-state index in [9.17, 15) is 31.1 Å². The first-order chi connectivity index (χ1) is 9.49. The molecule has 0 radical (unpaired) electrons. The van der Waals surface area contributed by atoms with E-state index in [2.05, 4.69) is 4.98 Å². The minimum Gasteiger partial charge on any atom is -0.346 e. The molecule has 3 nitrogen and oxygen atoms in total. The molecule has 1 N–H and O–H groups in total. The summed E-state index contributed by atoms with van der Waals surface area (Å²) in [6, 6.07) is 1.84. The Morgan fingerprint density at radius 2 is 1.90 bits per heavy atom. The number of aromatic nitrogens is 1. The highest BCUT2D eigenvalue weighted by Gasteiger charge is 2.31. The lowest BCUT2D eigenvalue weighted by molar-refractivity contribution is -0.137. The molecule has 1 aromatic heterocycles. The second-order valence-electron chi connectivity index (χ2n) is 3.98. The first kappa shape index (κ1) is 17.6. The highest BCUT2D eigenvalue weighted by Crippen LogP contribution is 2.30. The van der Waals surface area contributed by atoms with Crippen LogP contribution in [0, 0.1) is 0 Å². The van der Waals surface area contributed by atoms with E-state index in [1.165, 1.54) is 6.92 Å². The van der Waals surface area contributed by atoms with Crippen LogP contribution in [0.4, 0.5) is 26.3 Å². The van der Waals surface area contributed by atoms with E-state index < -0.39 is 35.6 Å². The van der Waals surface area contributed by atoms with Gasteiger partial charge >= 0.3 is 12.4 Å². The number of rotatable bonds is 4. The highest BCUT2D eigenvalue weighted by atomic mass is 32.2. The Labute approximate surface area is 120 Å². The first-order valence-corrected chi connectivity index (χ1v) is 6.41. The molecule has 1 unspecified atom stereocenters. The summed E-state index contributed by atoms with van der Waals surface area (Å²) in [5.41, 5.74) is -0.943. The lowest BCUT2D eigenvalue weighted by Crippen LogP contribution is -2.37. The van der Waals surface area contributed by atoms with Crippen molar-refractivity contribution in [2.24, 2.45) is 0 Å². The first-order valence-electron chi connectivity index (χ1n) is 5.53. The van der Waals surface area contributed by atoms with Crippen molar-refractivity contribution in [1.29, 1.82) is 0 Å². The van der Waals surface area contributed by atoms with Crippen molar-refractivity contribution in [2.45, 2.75) is 29.6 Å². The van der Waals surface area contributed by atoms with Crippen molar-refractivity contribution < 1.29 is 31.1 Å². The zero-order valence-corrected chi connectivity index (χ0v) is 11.4. The van der Waals surface area contributed by atoms with Crippen molar-refractivity contribution in [1.82, 2.24) is 10.3 Å². The molecule has 118 valence electrons. The molecule has 10 heteroatoms. The molecular formula is C11H10F6N2OS. The van der Waals surface area contributed by atoms with Crippen LogP contribution in [0.1, 0.15) is 12.5 Å². The monoisotopic (exact) mass is 332 g/mol. The molecule has 1 atom stereocenters. The standard InChI is InChI=1S/C11H10F6N2OS/c1-6(9(20)19-5-10(12,13)14)21-8-3-2-7(4-18-8)11(15,16)17/h2-4,6H,5H2,1H3,(H,19,20). The molecule has 1 aromatic rings. The third-order valence-electron chi connectivity index (χ3n) is 2.19. The van der Waals surface area contributed by atoms with Gasteiger partial charge in [0.25, 0.3) is 0 Å². The van der Waals surface area contributed by atoms with Crippen LogP contribution in [0.25, 0.3) is 0 Å². The van der Waals surface area contributed by atoms with Crippen molar-refractivity contribution in [2.75, 3.05) is 6.54 Å². The highest BCUT2D eigenvalue weighted by molar-refractivity contribution is 8.00. The summed E-state index contributed by atoms with van der Waals surface area (Å²) < 4.78 is 72.7. The van der Waals surface area contributed by atoms with Crippen LogP contribution < -0.4 is 5.32 Å². The van der Waals surface area contributed by atoms with Crippen molar-refractivity contribution >= 4 is 17.7 Å². The molecular weight excluding hydrogens is 322 g/mol. The lowest BCUT2D eigenvalue weighted by atomic mass is 10.3. The number of hydrogen-bond acceptors (Lipinski definition) is 3. The van der Waals surface area contributed by atoms with Gasteiger partial charge in [0.15, 0.2) is 0 Å². The van der Waals surface area contributed by atoms with Gasteiger partial charge in [-0.25, -0.2) is 4.98 Å². The Morgan fingerprint density at radius 3 is 2.33 bits per heavy atom. The van der Waals surface area contributed by atoms with Gasteiger partial charge in [-0.15, -0.1) is 0 Å². The molecule has 0 aliphatic rings. The maximum atomic E-state index is 12.3. The fourth-order valence-electron chi connectivity index (χ4n) is 1.18. The summed E-state index contributed by atoms with van der Waals surface area (Å²) in [5, 5.41) is 0.875. The summed E-state index contributed by atoms with van der Waals surface area (Å²) >= 11 is 0.764. The van der Waals surface area contributed by atoms with Crippen LogP contribution in [0.15, 0.2) is 23.4 Å². The molecule has 1 heterocycles. The molecule has 1 rings (SSSR count). The van der Waals surface area contributed by atoms with E-state index in [4.69, 9.17) is 0 Å². The summed E-state index contributed by atoms with van der Waals surface area (Å²) in [6.45, 7) is -0.132. The summed E-state index contributed by atoms with van der Waals surface area (Å²) in [6.07, 6.45) is -8.44. The molecule has 0 aliphatic carbocycles. The van der Waals surface area contributed by atoms with Gasteiger partial charge in [-0.1, -0.05) is 11.8 Å². The van der Waals surface area contributed by atoms with E-state index in [1.54, 1.807) is 5.32 Å². The van der Waals surface area contributed by atoms with Gasteiger partial charge in [-0.3, -0.25) is 4.79 Å². The molecule has 0 saturated heterocycles. The third-order valence-corrected chi connectivity index (χ3v) is 3.24. The molecule has 1 amide bonds. The Balaban J connectivity index is 2.58. The topological polar surface area (TPSA) is 42.0 Å². The van der Waals surface area contributed by atoms with Gasteiger partial charge in [0.05, 0.1) is 15.8 Å². The molecule has 0 saturated carbocycles. The van der Waals surface area contributed by atoms with Crippen molar-refractivity contribution in [3.8, 4) is 0 Å². The number of carbonyl (C=O) groups is 1. The van der Waals surface area contributed by atoms with Gasteiger partial charge in [0.1, 0.15) is 6.54 Å². The van der Waals surface area contributed by atoms with Crippen LogP contribution in [0.3, 0.4) is 0 Å². The number of pyridine rings is 1. The minimum absolute atomic E-state index is 0.109. The normalized spacial score (nSPS) is 13.9. The van der Waals surface area contributed by atoms with Gasteiger partial charge in [-0.2, -0.15) is 26.3 Å². The predicted molar refractivity (Wildman–Crippen MR) is 63.6 cm³/mol. The largest absolute Gasteiger partial charge is 0.417 e. The smallest absolute Gasteiger partial charge is 0.346 e. The Bertz CT molecular complexity index is 485. The number of nitrogens with one attached hydrogen (secondary N) is 1. The second kappa shape index (κ2) is 6.54. The summed E-state index contributed by atoms with van der Waals surface area (Å²) in [5.74, 6) is -0.876. The number of carbonyl (C=O) groups excluding carboxylic acids is 1. The maximum Gasteiger partial charge on any atom is 0.417 e. The van der Waals surface area contributed by atoms with E-state index >= 15 is 0 Å². The number of amides is 1. The van der Waals surface area contributed by atoms with E-state index in [1.807, 2.05) is 0 Å². The van der Waals surface area contributed by atoms with Crippen LogP contribution in [-0.4, -0.2) is 28.9 Å². The quantitative estimate of drug-likeness (QED) is 0.680. The predicted octanol–water partition coefficient (Wildman–Crippen LogP) is 3.26. The Hall–Kier alpha value is -1.45. The molecule has 0 fully saturated rings. The SMILES string of the molecule is CC(Sc1ccc(C(F)(F)F)cn1)C(=O)NCC(F)(F)F. The van der Waals surface area contributed by atoms with Gasteiger partial charge in [-0.05, 0) is 19.1 Å². The minimum atomic E-state index is -4.52. The fraction of sp³-hybridized carbons (Fsp3) is 0.455. The van der Waals surface area contributed by atoms with Crippen LogP contribution in [0.5, 0.6) is 0 Å². The Kier molecular flexibility index (Phi) is 5.48.